The van der Waals surface area contributed by atoms with Crippen molar-refractivity contribution in [3.8, 4) is 5.75 Å². The van der Waals surface area contributed by atoms with Crippen LogP contribution in [0.25, 0.3) is 0 Å². The van der Waals surface area contributed by atoms with Crippen molar-refractivity contribution in [2.45, 2.75) is 64.9 Å². The van der Waals surface area contributed by atoms with Crippen LogP contribution in [0.5, 0.6) is 5.75 Å². The standard InChI is InChI=1S/C18H27BrO2/c1-12-10-15(19)13(2)17(18(12)21-3)16(20)11-14-8-6-4-5-7-9-14/h10,14,16,20H,4-9,11H2,1-3H3. The van der Waals surface area contributed by atoms with Crippen molar-refractivity contribution in [2.24, 2.45) is 5.92 Å². The van der Waals surface area contributed by atoms with Crippen molar-refractivity contribution in [1.82, 2.24) is 0 Å². The number of hydrogen-bond donors (Lipinski definition) is 1. The highest BCUT2D eigenvalue weighted by Gasteiger charge is 2.23. The number of ether oxygens (including phenoxy) is 1. The topological polar surface area (TPSA) is 29.5 Å². The van der Waals surface area contributed by atoms with Crippen LogP contribution < -0.4 is 4.74 Å². The second-order valence-corrected chi connectivity index (χ2v) is 7.21. The third kappa shape index (κ3) is 4.01. The lowest BCUT2D eigenvalue weighted by molar-refractivity contribution is 0.135. The number of benzene rings is 1. The Morgan fingerprint density at radius 3 is 2.43 bits per heavy atom. The fourth-order valence-corrected chi connectivity index (χ4v) is 4.14. The molecule has 0 heterocycles. The van der Waals surface area contributed by atoms with Crippen LogP contribution in [0.1, 0.15) is 67.7 Å². The maximum Gasteiger partial charge on any atom is 0.127 e. The minimum atomic E-state index is -0.431. The van der Waals surface area contributed by atoms with Crippen molar-refractivity contribution in [3.63, 3.8) is 0 Å². The molecule has 2 nitrogen and oxygen atoms in total. The summed E-state index contributed by atoms with van der Waals surface area (Å²) in [5.41, 5.74) is 3.14. The minimum absolute atomic E-state index is 0.431. The van der Waals surface area contributed by atoms with Crippen molar-refractivity contribution in [2.75, 3.05) is 7.11 Å². The molecule has 0 bridgehead atoms. The maximum absolute atomic E-state index is 10.8. The van der Waals surface area contributed by atoms with Crippen LogP contribution in [0.2, 0.25) is 0 Å². The van der Waals surface area contributed by atoms with Gasteiger partial charge in [0.2, 0.25) is 0 Å². The number of methoxy groups -OCH3 is 1. The summed E-state index contributed by atoms with van der Waals surface area (Å²) in [6.07, 6.45) is 8.26. The van der Waals surface area contributed by atoms with Gasteiger partial charge in [-0.25, -0.2) is 0 Å². The van der Waals surface area contributed by atoms with E-state index in [1.807, 2.05) is 6.92 Å². The van der Waals surface area contributed by atoms with E-state index >= 15 is 0 Å². The van der Waals surface area contributed by atoms with Crippen LogP contribution >= 0.6 is 15.9 Å². The lowest BCUT2D eigenvalue weighted by atomic mass is 9.88. The van der Waals surface area contributed by atoms with E-state index in [4.69, 9.17) is 4.74 Å². The van der Waals surface area contributed by atoms with Crippen LogP contribution in [0.15, 0.2) is 10.5 Å². The number of hydrogen-bond acceptors (Lipinski definition) is 2. The van der Waals surface area contributed by atoms with Crippen LogP contribution in [-0.4, -0.2) is 12.2 Å². The van der Waals surface area contributed by atoms with E-state index in [9.17, 15) is 5.11 Å². The fourth-order valence-electron chi connectivity index (χ4n) is 3.58. The van der Waals surface area contributed by atoms with E-state index in [1.54, 1.807) is 7.11 Å². The molecule has 0 aromatic heterocycles. The molecular formula is C18H27BrO2. The Bertz CT molecular complexity index is 477. The lowest BCUT2D eigenvalue weighted by Gasteiger charge is -2.23. The molecule has 3 heteroatoms. The Hall–Kier alpha value is -0.540. The molecule has 2 rings (SSSR count). The van der Waals surface area contributed by atoms with Gasteiger partial charge in [0.25, 0.3) is 0 Å². The Labute approximate surface area is 137 Å². The van der Waals surface area contributed by atoms with Gasteiger partial charge in [0.1, 0.15) is 5.75 Å². The zero-order valence-electron chi connectivity index (χ0n) is 13.4. The van der Waals surface area contributed by atoms with Crippen LogP contribution in [0.3, 0.4) is 0 Å². The predicted octanol–water partition coefficient (Wildman–Crippen LogP) is 5.47. The Morgan fingerprint density at radius 2 is 1.86 bits per heavy atom. The zero-order valence-corrected chi connectivity index (χ0v) is 15.0. The minimum Gasteiger partial charge on any atom is -0.496 e. The highest BCUT2D eigenvalue weighted by Crippen LogP contribution is 2.40. The Morgan fingerprint density at radius 1 is 1.24 bits per heavy atom. The average Bonchev–Trinajstić information content (AvgIpc) is 2.70. The molecule has 1 N–H and O–H groups in total. The molecule has 1 atom stereocenters. The largest absolute Gasteiger partial charge is 0.496 e. The summed E-state index contributed by atoms with van der Waals surface area (Å²) in [4.78, 5) is 0. The van der Waals surface area contributed by atoms with Gasteiger partial charge in [-0.15, -0.1) is 0 Å². The third-order valence-corrected chi connectivity index (χ3v) is 5.60. The highest BCUT2D eigenvalue weighted by molar-refractivity contribution is 9.10. The van der Waals surface area contributed by atoms with Crippen molar-refractivity contribution in [3.05, 3.63) is 27.2 Å². The molecule has 1 unspecified atom stereocenters. The number of halogens is 1. The van der Waals surface area contributed by atoms with E-state index < -0.39 is 6.10 Å². The Kier molecular flexibility index (Phi) is 6.12. The van der Waals surface area contributed by atoms with Gasteiger partial charge in [-0.2, -0.15) is 0 Å². The summed E-state index contributed by atoms with van der Waals surface area (Å²) in [5.74, 6) is 1.49. The smallest absolute Gasteiger partial charge is 0.127 e. The molecular weight excluding hydrogens is 328 g/mol. The van der Waals surface area contributed by atoms with Gasteiger partial charge < -0.3 is 9.84 Å². The summed E-state index contributed by atoms with van der Waals surface area (Å²) in [6.45, 7) is 4.09. The predicted molar refractivity (Wildman–Crippen MR) is 90.9 cm³/mol. The fraction of sp³-hybridized carbons (Fsp3) is 0.667. The molecule has 21 heavy (non-hydrogen) atoms. The highest BCUT2D eigenvalue weighted by atomic mass is 79.9. The summed E-state index contributed by atoms with van der Waals surface area (Å²) in [5, 5.41) is 10.8. The molecule has 1 aliphatic carbocycles. The van der Waals surface area contributed by atoms with E-state index in [0.717, 1.165) is 33.3 Å². The van der Waals surface area contributed by atoms with Gasteiger partial charge in [-0.1, -0.05) is 54.5 Å². The SMILES string of the molecule is COc1c(C)cc(Br)c(C)c1C(O)CC1CCCCCC1. The molecule has 1 saturated carbocycles. The normalized spacial score (nSPS) is 18.3. The van der Waals surface area contributed by atoms with Gasteiger partial charge >= 0.3 is 0 Å². The summed E-state index contributed by atoms with van der Waals surface area (Å²) < 4.78 is 6.62. The molecule has 1 aliphatic rings. The van der Waals surface area contributed by atoms with Gasteiger partial charge in [0, 0.05) is 10.0 Å². The van der Waals surface area contributed by atoms with Gasteiger partial charge in [0.15, 0.2) is 0 Å². The molecule has 1 aromatic carbocycles. The molecule has 0 radical (unpaired) electrons. The van der Waals surface area contributed by atoms with Crippen molar-refractivity contribution < 1.29 is 9.84 Å². The van der Waals surface area contributed by atoms with Gasteiger partial charge in [-0.3, -0.25) is 0 Å². The van der Waals surface area contributed by atoms with Crippen LogP contribution in [-0.2, 0) is 0 Å². The molecule has 0 aliphatic heterocycles. The molecule has 0 amide bonds. The van der Waals surface area contributed by atoms with Crippen molar-refractivity contribution in [1.29, 1.82) is 0 Å². The van der Waals surface area contributed by atoms with Crippen LogP contribution in [0.4, 0.5) is 0 Å². The van der Waals surface area contributed by atoms with E-state index in [2.05, 4.69) is 28.9 Å². The first-order valence-corrected chi connectivity index (χ1v) is 8.85. The second kappa shape index (κ2) is 7.64. The van der Waals surface area contributed by atoms with Crippen molar-refractivity contribution >= 4 is 15.9 Å². The van der Waals surface area contributed by atoms with Gasteiger partial charge in [0.05, 0.1) is 13.2 Å². The number of aliphatic hydroxyl groups is 1. The van der Waals surface area contributed by atoms with E-state index in [0.29, 0.717) is 5.92 Å². The summed E-state index contributed by atoms with van der Waals surface area (Å²) in [7, 11) is 1.69. The first-order valence-electron chi connectivity index (χ1n) is 8.06. The molecule has 0 spiro atoms. The second-order valence-electron chi connectivity index (χ2n) is 6.36. The zero-order chi connectivity index (χ0) is 15.4. The average molecular weight is 355 g/mol. The maximum atomic E-state index is 10.8. The quantitative estimate of drug-likeness (QED) is 0.726. The third-order valence-electron chi connectivity index (χ3n) is 4.78. The number of rotatable bonds is 4. The van der Waals surface area contributed by atoms with Crippen LogP contribution in [0, 0.1) is 19.8 Å². The molecule has 118 valence electrons. The molecule has 1 aromatic rings. The van der Waals surface area contributed by atoms with Gasteiger partial charge in [-0.05, 0) is 43.4 Å². The Balaban J connectivity index is 2.23. The summed E-state index contributed by atoms with van der Waals surface area (Å²) in [6, 6.07) is 2.07. The number of aliphatic hydroxyl groups excluding tert-OH is 1. The van der Waals surface area contributed by atoms with E-state index in [-0.39, 0.29) is 0 Å². The lowest BCUT2D eigenvalue weighted by Crippen LogP contribution is -2.10. The molecule has 1 fully saturated rings. The summed E-state index contributed by atoms with van der Waals surface area (Å²) >= 11 is 3.60. The molecule has 0 saturated heterocycles. The monoisotopic (exact) mass is 354 g/mol. The number of aryl methyl sites for hydroxylation is 1. The van der Waals surface area contributed by atoms with E-state index in [1.165, 1.54) is 38.5 Å². The first kappa shape index (κ1) is 16.8. The first-order chi connectivity index (χ1) is 10.0.